The number of aliphatic hydroxyl groups excluding tert-OH is 1. The standard InChI is InChI=1S/C28H30ClFN8O2/c1-16-19(5-6-23(30)34-16)26(22-11-38(37-36-22)28(13-39)14-40-15-28)35-18-7-20-24(33-12-27(2,3)4)17(9-31)10-32-25(20)21(29)8-18/h5-8,10-11,26,35,39H,12-15H2,1-4H3,(H,32,33). The molecule has 0 aliphatic carbocycles. The van der Waals surface area contributed by atoms with Crippen LogP contribution in [-0.4, -0.2) is 56.4 Å². The summed E-state index contributed by atoms with van der Waals surface area (Å²) in [5, 5.41) is 36.4. The molecular weight excluding hydrogens is 535 g/mol. The van der Waals surface area contributed by atoms with Crippen LogP contribution >= 0.6 is 11.6 Å². The SMILES string of the molecule is Cc1nc(F)ccc1C(Nc1cc(Cl)c2ncc(C#N)c(NCC(C)(C)C)c2c1)c1cn(C2(CO)COC2)nn1. The highest BCUT2D eigenvalue weighted by Gasteiger charge is 2.41. The average Bonchev–Trinajstić information content (AvgIpc) is 3.35. The Labute approximate surface area is 236 Å². The Morgan fingerprint density at radius 2 is 2.08 bits per heavy atom. The number of nitriles is 1. The van der Waals surface area contributed by atoms with Crippen molar-refractivity contribution in [2.45, 2.75) is 39.3 Å². The first-order chi connectivity index (χ1) is 19.0. The third kappa shape index (κ3) is 5.30. The molecule has 4 aromatic rings. The van der Waals surface area contributed by atoms with Crippen molar-refractivity contribution in [3.63, 3.8) is 0 Å². The number of nitrogens with zero attached hydrogens (tertiary/aromatic N) is 6. The number of halogens is 2. The summed E-state index contributed by atoms with van der Waals surface area (Å²) in [6.45, 7) is 9.13. The molecule has 12 heteroatoms. The van der Waals surface area contributed by atoms with E-state index in [9.17, 15) is 14.8 Å². The summed E-state index contributed by atoms with van der Waals surface area (Å²) >= 11 is 6.71. The lowest BCUT2D eigenvalue weighted by Gasteiger charge is -2.39. The maximum atomic E-state index is 13.9. The topological polar surface area (TPSA) is 134 Å². The van der Waals surface area contributed by atoms with Gasteiger partial charge in [0.25, 0.3) is 0 Å². The molecule has 1 saturated heterocycles. The van der Waals surface area contributed by atoms with Crippen LogP contribution in [0.2, 0.25) is 5.02 Å². The van der Waals surface area contributed by atoms with Gasteiger partial charge in [-0.15, -0.1) is 5.10 Å². The molecule has 40 heavy (non-hydrogen) atoms. The Hall–Kier alpha value is -3.85. The number of aromatic nitrogens is 5. The molecule has 1 aliphatic rings. The van der Waals surface area contributed by atoms with Gasteiger partial charge in [-0.1, -0.05) is 43.7 Å². The molecule has 208 valence electrons. The van der Waals surface area contributed by atoms with Crippen molar-refractivity contribution in [3.8, 4) is 6.07 Å². The first-order valence-corrected chi connectivity index (χ1v) is 13.2. The van der Waals surface area contributed by atoms with E-state index in [0.717, 1.165) is 0 Å². The second-order valence-corrected chi connectivity index (χ2v) is 11.7. The summed E-state index contributed by atoms with van der Waals surface area (Å²) in [5.74, 6) is -0.590. The minimum absolute atomic E-state index is 0.0383. The van der Waals surface area contributed by atoms with Crippen LogP contribution in [0, 0.1) is 29.6 Å². The van der Waals surface area contributed by atoms with Gasteiger partial charge < -0.3 is 20.5 Å². The van der Waals surface area contributed by atoms with Gasteiger partial charge in [0.1, 0.15) is 17.3 Å². The molecule has 1 atom stereocenters. The molecule has 0 radical (unpaired) electrons. The summed E-state index contributed by atoms with van der Waals surface area (Å²) < 4.78 is 20.9. The largest absolute Gasteiger partial charge is 0.394 e. The van der Waals surface area contributed by atoms with Crippen molar-refractivity contribution >= 4 is 33.9 Å². The van der Waals surface area contributed by atoms with Crippen molar-refractivity contribution in [1.82, 2.24) is 25.0 Å². The average molecular weight is 565 g/mol. The molecular formula is C28H30ClFN8O2. The quantitative estimate of drug-likeness (QED) is 0.263. The number of ether oxygens (including phenoxy) is 1. The second kappa shape index (κ2) is 10.6. The van der Waals surface area contributed by atoms with Gasteiger partial charge in [-0.3, -0.25) is 4.98 Å². The first kappa shape index (κ1) is 27.7. The van der Waals surface area contributed by atoms with Crippen LogP contribution in [0.5, 0.6) is 0 Å². The lowest BCUT2D eigenvalue weighted by molar-refractivity contribution is -0.130. The van der Waals surface area contributed by atoms with E-state index in [0.29, 0.717) is 69.6 Å². The molecule has 5 rings (SSSR count). The molecule has 0 saturated carbocycles. The zero-order chi connectivity index (χ0) is 28.7. The summed E-state index contributed by atoms with van der Waals surface area (Å²) in [6.07, 6.45) is 3.26. The Balaban J connectivity index is 1.60. The van der Waals surface area contributed by atoms with E-state index < -0.39 is 17.5 Å². The smallest absolute Gasteiger partial charge is 0.213 e. The lowest BCUT2D eigenvalue weighted by Crippen LogP contribution is -2.54. The molecule has 0 spiro atoms. The maximum absolute atomic E-state index is 13.9. The molecule has 0 bridgehead atoms. The fraction of sp³-hybridized carbons (Fsp3) is 0.393. The molecule has 3 N–H and O–H groups in total. The van der Waals surface area contributed by atoms with Gasteiger partial charge in [0, 0.05) is 35.1 Å². The van der Waals surface area contributed by atoms with Crippen molar-refractivity contribution in [2.75, 3.05) is 37.0 Å². The van der Waals surface area contributed by atoms with Gasteiger partial charge in [0.15, 0.2) is 0 Å². The van der Waals surface area contributed by atoms with Crippen LogP contribution in [0.3, 0.4) is 0 Å². The van der Waals surface area contributed by atoms with Crippen LogP contribution in [0.4, 0.5) is 15.8 Å². The van der Waals surface area contributed by atoms with Crippen LogP contribution in [-0.2, 0) is 10.3 Å². The molecule has 10 nitrogen and oxygen atoms in total. The molecule has 1 fully saturated rings. The maximum Gasteiger partial charge on any atom is 0.213 e. The summed E-state index contributed by atoms with van der Waals surface area (Å²) in [5.41, 5.74) is 3.20. The molecule has 3 aromatic heterocycles. The Morgan fingerprint density at radius 1 is 1.30 bits per heavy atom. The Bertz CT molecular complexity index is 1600. The number of hydrogen-bond donors (Lipinski definition) is 3. The van der Waals surface area contributed by atoms with E-state index in [-0.39, 0.29) is 12.0 Å². The highest BCUT2D eigenvalue weighted by Crippen LogP contribution is 2.36. The highest BCUT2D eigenvalue weighted by atomic mass is 35.5. The van der Waals surface area contributed by atoms with Gasteiger partial charge in [-0.25, -0.2) is 9.67 Å². The van der Waals surface area contributed by atoms with Crippen LogP contribution in [0.25, 0.3) is 10.9 Å². The molecule has 0 amide bonds. The Morgan fingerprint density at radius 3 is 2.70 bits per heavy atom. The number of anilines is 2. The fourth-order valence-electron chi connectivity index (χ4n) is 4.57. The van der Waals surface area contributed by atoms with E-state index in [2.05, 4.69) is 57.8 Å². The zero-order valence-electron chi connectivity index (χ0n) is 22.7. The summed E-state index contributed by atoms with van der Waals surface area (Å²) in [4.78, 5) is 8.45. The monoisotopic (exact) mass is 564 g/mol. The lowest BCUT2D eigenvalue weighted by atomic mass is 9.96. The zero-order valence-corrected chi connectivity index (χ0v) is 23.4. The first-order valence-electron chi connectivity index (χ1n) is 12.8. The third-order valence-electron chi connectivity index (χ3n) is 6.88. The van der Waals surface area contributed by atoms with E-state index in [1.54, 1.807) is 29.9 Å². The van der Waals surface area contributed by atoms with Gasteiger partial charge in [0.2, 0.25) is 5.95 Å². The minimum Gasteiger partial charge on any atom is -0.394 e. The number of benzene rings is 1. The van der Waals surface area contributed by atoms with Crippen molar-refractivity contribution in [3.05, 3.63) is 70.1 Å². The summed E-state index contributed by atoms with van der Waals surface area (Å²) in [7, 11) is 0. The third-order valence-corrected chi connectivity index (χ3v) is 7.17. The van der Waals surface area contributed by atoms with E-state index in [1.165, 1.54) is 12.3 Å². The molecule has 1 aromatic carbocycles. The van der Waals surface area contributed by atoms with E-state index >= 15 is 0 Å². The number of aliphatic hydroxyl groups is 1. The van der Waals surface area contributed by atoms with Crippen LogP contribution in [0.15, 0.2) is 36.7 Å². The Kier molecular flexibility index (Phi) is 7.35. The normalized spacial score (nSPS) is 15.3. The van der Waals surface area contributed by atoms with E-state index in [4.69, 9.17) is 16.3 Å². The summed E-state index contributed by atoms with van der Waals surface area (Å²) in [6, 6.07) is 8.19. The second-order valence-electron chi connectivity index (χ2n) is 11.3. The van der Waals surface area contributed by atoms with Crippen molar-refractivity contribution in [2.24, 2.45) is 5.41 Å². The number of pyridine rings is 2. The number of nitrogens with one attached hydrogen (secondary N) is 2. The predicted molar refractivity (Wildman–Crippen MR) is 150 cm³/mol. The number of hydrogen-bond acceptors (Lipinski definition) is 9. The number of fused-ring (bicyclic) bond motifs is 1. The molecule has 1 unspecified atom stereocenters. The van der Waals surface area contributed by atoms with Gasteiger partial charge in [0.05, 0.1) is 53.8 Å². The van der Waals surface area contributed by atoms with Crippen molar-refractivity contribution in [1.29, 1.82) is 5.26 Å². The highest BCUT2D eigenvalue weighted by molar-refractivity contribution is 6.35. The van der Waals surface area contributed by atoms with Crippen LogP contribution < -0.4 is 10.6 Å². The van der Waals surface area contributed by atoms with Gasteiger partial charge in [-0.2, -0.15) is 9.65 Å². The van der Waals surface area contributed by atoms with Gasteiger partial charge in [-0.05, 0) is 30.5 Å². The van der Waals surface area contributed by atoms with E-state index in [1.807, 2.05) is 6.07 Å². The molecule has 4 heterocycles. The number of rotatable bonds is 8. The van der Waals surface area contributed by atoms with Crippen molar-refractivity contribution < 1.29 is 14.2 Å². The minimum atomic E-state index is -0.675. The fourth-order valence-corrected chi connectivity index (χ4v) is 4.84. The van der Waals surface area contributed by atoms with Crippen LogP contribution in [0.1, 0.15) is 49.3 Å². The molecule has 1 aliphatic heterocycles. The van der Waals surface area contributed by atoms with Gasteiger partial charge >= 0.3 is 0 Å². The predicted octanol–water partition coefficient (Wildman–Crippen LogP) is 4.57. The number of aryl methyl sites for hydroxylation is 1.